The average Bonchev–Trinajstić information content (AvgIpc) is 3.01. The number of benzene rings is 1. The zero-order valence-electron chi connectivity index (χ0n) is 12.9. The Morgan fingerprint density at radius 2 is 1.71 bits per heavy atom. The van der Waals surface area contributed by atoms with Crippen LogP contribution in [0, 0.1) is 0 Å². The molecule has 128 valence electrons. The topological polar surface area (TPSA) is 70.8 Å². The molecule has 0 saturated carbocycles. The Hall–Kier alpha value is -1.64. The molecule has 0 unspecified atom stereocenters. The molecule has 6 nitrogen and oxygen atoms in total. The van der Waals surface area contributed by atoms with Crippen molar-refractivity contribution in [1.29, 1.82) is 0 Å². The third kappa shape index (κ3) is 3.88. The van der Waals surface area contributed by atoms with E-state index in [0.29, 0.717) is 30.8 Å². The van der Waals surface area contributed by atoms with Crippen LogP contribution in [0.2, 0.25) is 0 Å². The molecule has 2 aromatic rings. The van der Waals surface area contributed by atoms with Crippen molar-refractivity contribution in [3.8, 4) is 0 Å². The summed E-state index contributed by atoms with van der Waals surface area (Å²) in [6, 6.07) is 12.4. The standard InChI is InChI=1S/C16H17BrN2O4S/c17-15-7-6-14(23-15)16(20)18-8-10-19(11-9-18)24(21,22)12-13-4-2-1-3-5-13/h1-7H,8-12H2. The Bertz CT molecular complexity index is 812. The predicted molar refractivity (Wildman–Crippen MR) is 93.0 cm³/mol. The van der Waals surface area contributed by atoms with E-state index in [9.17, 15) is 13.2 Å². The third-order valence-electron chi connectivity index (χ3n) is 3.90. The van der Waals surface area contributed by atoms with Crippen LogP contribution >= 0.6 is 15.9 Å². The molecule has 1 aromatic heterocycles. The molecule has 1 aromatic carbocycles. The maximum absolute atomic E-state index is 12.5. The lowest BCUT2D eigenvalue weighted by molar-refractivity contribution is 0.0664. The highest BCUT2D eigenvalue weighted by molar-refractivity contribution is 9.10. The van der Waals surface area contributed by atoms with Gasteiger partial charge >= 0.3 is 0 Å². The molecule has 0 N–H and O–H groups in total. The van der Waals surface area contributed by atoms with Crippen molar-refractivity contribution >= 4 is 31.9 Å². The lowest BCUT2D eigenvalue weighted by Gasteiger charge is -2.33. The molecule has 24 heavy (non-hydrogen) atoms. The van der Waals surface area contributed by atoms with E-state index in [2.05, 4.69) is 15.9 Å². The second-order valence-electron chi connectivity index (χ2n) is 5.54. The lowest BCUT2D eigenvalue weighted by atomic mass is 10.2. The normalized spacial score (nSPS) is 16.3. The van der Waals surface area contributed by atoms with E-state index in [1.807, 2.05) is 18.2 Å². The second-order valence-corrected chi connectivity index (χ2v) is 8.29. The molecule has 0 aliphatic carbocycles. The maximum atomic E-state index is 12.5. The van der Waals surface area contributed by atoms with Gasteiger partial charge in [0, 0.05) is 26.2 Å². The highest BCUT2D eigenvalue weighted by Gasteiger charge is 2.30. The van der Waals surface area contributed by atoms with E-state index in [1.54, 1.807) is 29.2 Å². The first-order valence-electron chi connectivity index (χ1n) is 7.52. The summed E-state index contributed by atoms with van der Waals surface area (Å²) in [7, 11) is -3.38. The van der Waals surface area contributed by atoms with Gasteiger partial charge in [0.1, 0.15) is 0 Å². The number of amides is 1. The van der Waals surface area contributed by atoms with Gasteiger partial charge in [-0.1, -0.05) is 30.3 Å². The van der Waals surface area contributed by atoms with Gasteiger partial charge in [0.2, 0.25) is 10.0 Å². The fourth-order valence-electron chi connectivity index (χ4n) is 2.63. The smallest absolute Gasteiger partial charge is 0.289 e. The Kier molecular flexibility index (Phi) is 5.07. The van der Waals surface area contributed by atoms with E-state index in [1.165, 1.54) is 4.31 Å². The monoisotopic (exact) mass is 412 g/mol. The van der Waals surface area contributed by atoms with E-state index in [4.69, 9.17) is 4.42 Å². The molecule has 8 heteroatoms. The van der Waals surface area contributed by atoms with Crippen LogP contribution in [0.15, 0.2) is 51.6 Å². The van der Waals surface area contributed by atoms with Gasteiger partial charge in [-0.2, -0.15) is 4.31 Å². The summed E-state index contributed by atoms with van der Waals surface area (Å²) in [5.41, 5.74) is 0.761. The molecular formula is C16H17BrN2O4S. The molecule has 1 fully saturated rings. The Balaban J connectivity index is 1.61. The zero-order chi connectivity index (χ0) is 17.2. The molecule has 1 saturated heterocycles. The van der Waals surface area contributed by atoms with Gasteiger partial charge in [-0.05, 0) is 33.6 Å². The molecule has 2 heterocycles. The van der Waals surface area contributed by atoms with Crippen molar-refractivity contribution in [2.75, 3.05) is 26.2 Å². The minimum absolute atomic E-state index is 0.0209. The summed E-state index contributed by atoms with van der Waals surface area (Å²) in [5, 5.41) is 0. The minimum atomic E-state index is -3.38. The molecule has 1 amide bonds. The number of halogens is 1. The van der Waals surface area contributed by atoms with Crippen molar-refractivity contribution in [3.05, 3.63) is 58.5 Å². The zero-order valence-corrected chi connectivity index (χ0v) is 15.3. The predicted octanol–water partition coefficient (Wildman–Crippen LogP) is 2.33. The number of carbonyl (C=O) groups is 1. The van der Waals surface area contributed by atoms with Crippen molar-refractivity contribution < 1.29 is 17.6 Å². The Morgan fingerprint density at radius 3 is 2.29 bits per heavy atom. The third-order valence-corrected chi connectivity index (χ3v) is 6.17. The van der Waals surface area contributed by atoms with Crippen LogP contribution in [0.1, 0.15) is 16.1 Å². The molecular weight excluding hydrogens is 396 g/mol. The number of hydrogen-bond acceptors (Lipinski definition) is 4. The Labute approximate surface area is 149 Å². The number of hydrogen-bond donors (Lipinski definition) is 0. The van der Waals surface area contributed by atoms with Crippen molar-refractivity contribution in [2.24, 2.45) is 0 Å². The molecule has 0 bridgehead atoms. The van der Waals surface area contributed by atoms with Gasteiger partial charge in [0.15, 0.2) is 10.4 Å². The molecule has 1 aliphatic rings. The number of nitrogens with zero attached hydrogens (tertiary/aromatic N) is 2. The van der Waals surface area contributed by atoms with Crippen LogP contribution < -0.4 is 0 Å². The van der Waals surface area contributed by atoms with Crippen LogP contribution in [0.5, 0.6) is 0 Å². The highest BCUT2D eigenvalue weighted by Crippen LogP contribution is 2.18. The van der Waals surface area contributed by atoms with Crippen LogP contribution in [0.3, 0.4) is 0 Å². The summed E-state index contributed by atoms with van der Waals surface area (Å²) in [5.74, 6) is 0.00989. The van der Waals surface area contributed by atoms with Gasteiger partial charge < -0.3 is 9.32 Å². The number of sulfonamides is 1. The number of rotatable bonds is 4. The lowest BCUT2D eigenvalue weighted by Crippen LogP contribution is -2.50. The van der Waals surface area contributed by atoms with Crippen LogP contribution in [-0.4, -0.2) is 49.7 Å². The fourth-order valence-corrected chi connectivity index (χ4v) is 4.45. The first-order valence-corrected chi connectivity index (χ1v) is 9.92. The van der Waals surface area contributed by atoms with Gasteiger partial charge in [-0.25, -0.2) is 8.42 Å². The van der Waals surface area contributed by atoms with Crippen molar-refractivity contribution in [3.63, 3.8) is 0 Å². The van der Waals surface area contributed by atoms with Crippen LogP contribution in [0.25, 0.3) is 0 Å². The van der Waals surface area contributed by atoms with Crippen LogP contribution in [-0.2, 0) is 15.8 Å². The highest BCUT2D eigenvalue weighted by atomic mass is 79.9. The SMILES string of the molecule is O=C(c1ccc(Br)o1)N1CCN(S(=O)(=O)Cc2ccccc2)CC1. The second kappa shape index (κ2) is 7.08. The van der Waals surface area contributed by atoms with Crippen molar-refractivity contribution in [2.45, 2.75) is 5.75 Å². The molecule has 3 rings (SSSR count). The molecule has 1 aliphatic heterocycles. The van der Waals surface area contributed by atoms with E-state index >= 15 is 0 Å². The molecule has 0 spiro atoms. The number of furan rings is 1. The molecule has 0 atom stereocenters. The van der Waals surface area contributed by atoms with E-state index in [-0.39, 0.29) is 17.4 Å². The summed E-state index contributed by atoms with van der Waals surface area (Å²) >= 11 is 3.17. The van der Waals surface area contributed by atoms with Gasteiger partial charge in [-0.3, -0.25) is 4.79 Å². The van der Waals surface area contributed by atoms with E-state index in [0.717, 1.165) is 5.56 Å². The minimum Gasteiger partial charge on any atom is -0.444 e. The quantitative estimate of drug-likeness (QED) is 0.772. The number of carbonyl (C=O) groups excluding carboxylic acids is 1. The van der Waals surface area contributed by atoms with Crippen molar-refractivity contribution in [1.82, 2.24) is 9.21 Å². The average molecular weight is 413 g/mol. The summed E-state index contributed by atoms with van der Waals surface area (Å²) in [6.07, 6.45) is 0. The summed E-state index contributed by atoms with van der Waals surface area (Å²) < 4.78 is 32.2. The maximum Gasteiger partial charge on any atom is 0.289 e. The van der Waals surface area contributed by atoms with Gasteiger partial charge in [-0.15, -0.1) is 0 Å². The van der Waals surface area contributed by atoms with E-state index < -0.39 is 10.0 Å². The first kappa shape index (κ1) is 17.2. The van der Waals surface area contributed by atoms with Crippen LogP contribution in [0.4, 0.5) is 0 Å². The summed E-state index contributed by atoms with van der Waals surface area (Å²) in [6.45, 7) is 1.29. The largest absolute Gasteiger partial charge is 0.444 e. The first-order chi connectivity index (χ1) is 11.5. The number of piperazine rings is 1. The fraction of sp³-hybridized carbons (Fsp3) is 0.312. The van der Waals surface area contributed by atoms with Gasteiger partial charge in [0.05, 0.1) is 5.75 Å². The summed E-state index contributed by atoms with van der Waals surface area (Å²) in [4.78, 5) is 13.9. The Morgan fingerprint density at radius 1 is 1.04 bits per heavy atom. The van der Waals surface area contributed by atoms with Gasteiger partial charge in [0.25, 0.3) is 5.91 Å². The molecule has 0 radical (unpaired) electrons.